The van der Waals surface area contributed by atoms with Crippen LogP contribution < -0.4 is 19.5 Å². The van der Waals surface area contributed by atoms with Crippen molar-refractivity contribution in [3.8, 4) is 17.2 Å². The van der Waals surface area contributed by atoms with Crippen molar-refractivity contribution in [1.82, 2.24) is 10.2 Å². The molecule has 194 valence electrons. The number of nitrogens with one attached hydrogen (secondary N) is 1. The number of methoxy groups -OCH3 is 1. The highest BCUT2D eigenvalue weighted by Crippen LogP contribution is 2.49. The van der Waals surface area contributed by atoms with E-state index in [-0.39, 0.29) is 11.9 Å². The number of hydrogen-bond donors (Lipinski definition) is 1. The molecule has 1 saturated heterocycles. The van der Waals surface area contributed by atoms with E-state index in [2.05, 4.69) is 28.4 Å². The number of rotatable bonds is 11. The summed E-state index contributed by atoms with van der Waals surface area (Å²) in [7, 11) is 1.66. The summed E-state index contributed by atoms with van der Waals surface area (Å²) in [6.07, 6.45) is 6.74. The van der Waals surface area contributed by atoms with Crippen LogP contribution in [0.1, 0.15) is 91.3 Å². The summed E-state index contributed by atoms with van der Waals surface area (Å²) in [5.74, 6) is 3.92. The average molecular weight is 493 g/mol. The number of likely N-dealkylation sites (tertiary alicyclic amines) is 1. The minimum Gasteiger partial charge on any atom is -0.497 e. The summed E-state index contributed by atoms with van der Waals surface area (Å²) in [6, 6.07) is 10.6. The van der Waals surface area contributed by atoms with Gasteiger partial charge in [0.25, 0.3) is 5.91 Å². The molecule has 6 heteroatoms. The van der Waals surface area contributed by atoms with E-state index in [4.69, 9.17) is 14.2 Å². The molecule has 2 saturated carbocycles. The molecule has 1 aliphatic heterocycles. The van der Waals surface area contributed by atoms with Crippen molar-refractivity contribution in [1.29, 1.82) is 0 Å². The van der Waals surface area contributed by atoms with Crippen LogP contribution in [-0.4, -0.2) is 50.3 Å². The molecule has 2 aromatic rings. The van der Waals surface area contributed by atoms with Gasteiger partial charge in [0.15, 0.2) is 0 Å². The summed E-state index contributed by atoms with van der Waals surface area (Å²) >= 11 is 0. The Hall–Kier alpha value is -2.73. The maximum absolute atomic E-state index is 13.0. The highest BCUT2D eigenvalue weighted by molar-refractivity contribution is 5.95. The fourth-order valence-corrected chi connectivity index (χ4v) is 5.36. The van der Waals surface area contributed by atoms with Crippen LogP contribution in [0.5, 0.6) is 17.2 Å². The van der Waals surface area contributed by atoms with E-state index in [1.807, 2.05) is 26.0 Å². The normalized spacial score (nSPS) is 18.6. The second-order valence-electron chi connectivity index (χ2n) is 10.4. The van der Waals surface area contributed by atoms with Crippen LogP contribution in [0, 0.1) is 0 Å². The Morgan fingerprint density at radius 3 is 2.08 bits per heavy atom. The predicted molar refractivity (Wildman–Crippen MR) is 141 cm³/mol. The van der Waals surface area contributed by atoms with E-state index < -0.39 is 0 Å². The van der Waals surface area contributed by atoms with E-state index in [0.29, 0.717) is 30.6 Å². The topological polar surface area (TPSA) is 60.0 Å². The first-order valence-corrected chi connectivity index (χ1v) is 13.7. The van der Waals surface area contributed by atoms with E-state index in [1.165, 1.54) is 42.4 Å². The quantitative estimate of drug-likeness (QED) is 0.440. The smallest absolute Gasteiger partial charge is 0.251 e. The van der Waals surface area contributed by atoms with Crippen LogP contribution >= 0.6 is 0 Å². The third-order valence-electron chi connectivity index (χ3n) is 7.55. The van der Waals surface area contributed by atoms with Crippen LogP contribution in [-0.2, 0) is 6.54 Å². The SMILES string of the molecule is CCOc1cc(CN2CCC(NC(=O)c3cc(OC)cc(C4CC4)c3)CC2)cc(OCC)c1C1CC1. The first-order chi connectivity index (χ1) is 17.6. The zero-order valence-corrected chi connectivity index (χ0v) is 22.0. The van der Waals surface area contributed by atoms with Crippen LogP contribution in [0.15, 0.2) is 30.3 Å². The molecule has 1 heterocycles. The molecule has 1 amide bonds. The molecule has 2 aliphatic carbocycles. The zero-order chi connectivity index (χ0) is 25.1. The van der Waals surface area contributed by atoms with Crippen molar-refractivity contribution in [2.45, 2.75) is 76.8 Å². The summed E-state index contributed by atoms with van der Waals surface area (Å²) < 4.78 is 17.5. The van der Waals surface area contributed by atoms with Crippen LogP contribution in [0.4, 0.5) is 0 Å². The van der Waals surface area contributed by atoms with Gasteiger partial charge in [-0.25, -0.2) is 0 Å². The largest absolute Gasteiger partial charge is 0.497 e. The molecule has 0 radical (unpaired) electrons. The maximum Gasteiger partial charge on any atom is 0.251 e. The van der Waals surface area contributed by atoms with Gasteiger partial charge in [0.2, 0.25) is 0 Å². The van der Waals surface area contributed by atoms with Gasteiger partial charge in [-0.2, -0.15) is 0 Å². The third-order valence-corrected chi connectivity index (χ3v) is 7.55. The third kappa shape index (κ3) is 5.97. The van der Waals surface area contributed by atoms with E-state index in [1.54, 1.807) is 7.11 Å². The molecule has 0 bridgehead atoms. The van der Waals surface area contributed by atoms with Crippen molar-refractivity contribution in [3.05, 3.63) is 52.6 Å². The Morgan fingerprint density at radius 1 is 0.889 bits per heavy atom. The second-order valence-corrected chi connectivity index (χ2v) is 10.4. The lowest BCUT2D eigenvalue weighted by atomic mass is 10.0. The highest BCUT2D eigenvalue weighted by Gasteiger charge is 2.31. The van der Waals surface area contributed by atoms with Gasteiger partial charge in [-0.1, -0.05) is 0 Å². The first kappa shape index (κ1) is 24.9. The Bertz CT molecular complexity index is 1040. The monoisotopic (exact) mass is 492 g/mol. The number of carbonyl (C=O) groups is 1. The van der Waals surface area contributed by atoms with E-state index in [0.717, 1.165) is 49.7 Å². The summed E-state index contributed by atoms with van der Waals surface area (Å²) in [4.78, 5) is 15.5. The molecule has 0 aromatic heterocycles. The molecular weight excluding hydrogens is 452 g/mol. The molecule has 3 aliphatic rings. The number of benzene rings is 2. The van der Waals surface area contributed by atoms with Crippen molar-refractivity contribution < 1.29 is 19.0 Å². The van der Waals surface area contributed by atoms with E-state index >= 15 is 0 Å². The summed E-state index contributed by atoms with van der Waals surface area (Å²) in [6.45, 7) is 8.18. The highest BCUT2D eigenvalue weighted by atomic mass is 16.5. The lowest BCUT2D eigenvalue weighted by molar-refractivity contribution is 0.0908. The second kappa shape index (κ2) is 11.1. The summed E-state index contributed by atoms with van der Waals surface area (Å²) in [5, 5.41) is 3.27. The molecule has 1 N–H and O–H groups in total. The minimum absolute atomic E-state index is 0.00706. The van der Waals surface area contributed by atoms with Crippen LogP contribution in [0.2, 0.25) is 0 Å². The molecular formula is C30H40N2O4. The number of amides is 1. The number of nitrogens with zero attached hydrogens (tertiary/aromatic N) is 1. The number of ether oxygens (including phenoxy) is 3. The molecule has 0 spiro atoms. The van der Waals surface area contributed by atoms with Gasteiger partial charge < -0.3 is 19.5 Å². The van der Waals surface area contributed by atoms with Crippen LogP contribution in [0.3, 0.4) is 0 Å². The van der Waals surface area contributed by atoms with Crippen molar-refractivity contribution in [3.63, 3.8) is 0 Å². The molecule has 0 unspecified atom stereocenters. The van der Waals surface area contributed by atoms with E-state index in [9.17, 15) is 4.79 Å². The van der Waals surface area contributed by atoms with Gasteiger partial charge in [0.05, 0.1) is 20.3 Å². The van der Waals surface area contributed by atoms with Crippen molar-refractivity contribution in [2.75, 3.05) is 33.4 Å². The van der Waals surface area contributed by atoms with Crippen molar-refractivity contribution >= 4 is 5.91 Å². The van der Waals surface area contributed by atoms with Gasteiger partial charge in [0, 0.05) is 36.8 Å². The molecule has 6 nitrogen and oxygen atoms in total. The zero-order valence-electron chi connectivity index (χ0n) is 22.0. The molecule has 0 atom stereocenters. The molecule has 36 heavy (non-hydrogen) atoms. The summed E-state index contributed by atoms with van der Waals surface area (Å²) in [5.41, 5.74) is 4.42. The number of carbonyl (C=O) groups excluding carboxylic acids is 1. The average Bonchev–Trinajstić information content (AvgIpc) is 3.79. The maximum atomic E-state index is 13.0. The Morgan fingerprint density at radius 2 is 1.53 bits per heavy atom. The van der Waals surface area contributed by atoms with Crippen molar-refractivity contribution in [2.24, 2.45) is 0 Å². The lowest BCUT2D eigenvalue weighted by Crippen LogP contribution is -2.44. The molecule has 2 aromatic carbocycles. The Balaban J connectivity index is 1.19. The standard InChI is InChI=1S/C30H40N2O4/c1-4-35-27-14-20(15-28(36-5-2)29(27)22-8-9-22)19-32-12-10-25(11-13-32)31-30(33)24-16-23(21-6-7-21)17-26(18-24)34-3/h14-18,21-22,25H,4-13,19H2,1-3H3,(H,31,33). The fourth-order valence-electron chi connectivity index (χ4n) is 5.36. The Labute approximate surface area is 215 Å². The minimum atomic E-state index is 0.00706. The fraction of sp³-hybridized carbons (Fsp3) is 0.567. The van der Waals surface area contributed by atoms with Gasteiger partial charge in [-0.3, -0.25) is 9.69 Å². The van der Waals surface area contributed by atoms with Gasteiger partial charge in [-0.05, 0) is 106 Å². The van der Waals surface area contributed by atoms with Crippen LogP contribution in [0.25, 0.3) is 0 Å². The Kier molecular flexibility index (Phi) is 7.70. The molecule has 3 fully saturated rings. The van der Waals surface area contributed by atoms with Gasteiger partial charge in [0.1, 0.15) is 17.2 Å². The lowest BCUT2D eigenvalue weighted by Gasteiger charge is -2.32. The molecule has 5 rings (SSSR count). The predicted octanol–water partition coefficient (Wildman–Crippen LogP) is 5.64. The first-order valence-electron chi connectivity index (χ1n) is 13.7. The van der Waals surface area contributed by atoms with Gasteiger partial charge >= 0.3 is 0 Å². The van der Waals surface area contributed by atoms with Gasteiger partial charge in [-0.15, -0.1) is 0 Å². The number of hydrogen-bond acceptors (Lipinski definition) is 5. The number of piperidine rings is 1.